The average Bonchev–Trinajstić information content (AvgIpc) is 2.48. The van der Waals surface area contributed by atoms with Crippen LogP contribution < -0.4 is 0 Å². The van der Waals surface area contributed by atoms with E-state index in [1.807, 2.05) is 0 Å². The molecule has 1 nitrogen and oxygen atoms in total. The number of allylic oxidation sites excluding steroid dienone is 5. The first kappa shape index (κ1) is 13.3. The van der Waals surface area contributed by atoms with Gasteiger partial charge in [-0.05, 0) is 57.4 Å². The Balaban J connectivity index is 2.27. The van der Waals surface area contributed by atoms with E-state index in [1.54, 1.807) is 18.1 Å². The molecule has 0 aromatic carbocycles. The van der Waals surface area contributed by atoms with Gasteiger partial charge in [-0.15, -0.1) is 0 Å². The van der Waals surface area contributed by atoms with E-state index in [-0.39, 0.29) is 5.78 Å². The number of carbonyl (C=O) groups is 1. The summed E-state index contributed by atoms with van der Waals surface area (Å²) in [5.41, 5.74) is 5.47. The van der Waals surface area contributed by atoms with Crippen molar-refractivity contribution in [3.8, 4) is 0 Å². The lowest BCUT2D eigenvalue weighted by molar-refractivity contribution is -0.114. The zero-order chi connectivity index (χ0) is 13.4. The highest BCUT2D eigenvalue weighted by atomic mass is 16.1. The van der Waals surface area contributed by atoms with Gasteiger partial charge in [-0.25, -0.2) is 0 Å². The molecule has 2 aliphatic rings. The lowest BCUT2D eigenvalue weighted by atomic mass is 9.82. The summed E-state index contributed by atoms with van der Waals surface area (Å²) in [5, 5.41) is 0. The summed E-state index contributed by atoms with van der Waals surface area (Å²) in [5.74, 6) is 1.67. The molecule has 98 valence electrons. The van der Waals surface area contributed by atoms with Gasteiger partial charge in [0.15, 0.2) is 5.78 Å². The number of rotatable bonds is 2. The number of ketones is 1. The predicted molar refractivity (Wildman–Crippen MR) is 76.3 cm³/mol. The van der Waals surface area contributed by atoms with Crippen LogP contribution in [0.15, 0.2) is 34.9 Å². The second-order valence-electron chi connectivity index (χ2n) is 6.04. The lowest BCUT2D eigenvalue weighted by Gasteiger charge is -2.21. The number of fused-ring (bicyclic) bond motifs is 1. The van der Waals surface area contributed by atoms with Crippen molar-refractivity contribution < 1.29 is 4.79 Å². The van der Waals surface area contributed by atoms with Crippen molar-refractivity contribution in [3.63, 3.8) is 0 Å². The van der Waals surface area contributed by atoms with Gasteiger partial charge in [0.05, 0.1) is 0 Å². The topological polar surface area (TPSA) is 17.1 Å². The molecule has 0 bridgehead atoms. The summed E-state index contributed by atoms with van der Waals surface area (Å²) < 4.78 is 0. The predicted octanol–water partition coefficient (Wildman–Crippen LogP) is 4.46. The van der Waals surface area contributed by atoms with Crippen molar-refractivity contribution in [1.82, 2.24) is 0 Å². The fraction of sp³-hybridized carbons (Fsp3) is 0.588. The SMILES string of the molecule is C=C(C(C)=O)C1CCC(C)=C2C(C)C=C(C)C2C1. The van der Waals surface area contributed by atoms with Crippen molar-refractivity contribution >= 4 is 5.78 Å². The molecular weight excluding hydrogens is 220 g/mol. The van der Waals surface area contributed by atoms with Crippen LogP contribution in [-0.2, 0) is 4.79 Å². The molecule has 18 heavy (non-hydrogen) atoms. The van der Waals surface area contributed by atoms with Crippen LogP contribution in [0.3, 0.4) is 0 Å². The molecular formula is C17H24O. The molecule has 0 spiro atoms. The third kappa shape index (κ3) is 2.23. The van der Waals surface area contributed by atoms with Crippen LogP contribution in [0.1, 0.15) is 47.0 Å². The Bertz CT molecular complexity index is 450. The first-order valence-corrected chi connectivity index (χ1v) is 6.99. The van der Waals surface area contributed by atoms with Gasteiger partial charge in [0.1, 0.15) is 0 Å². The molecule has 3 unspecified atom stereocenters. The summed E-state index contributed by atoms with van der Waals surface area (Å²) in [6, 6.07) is 0. The minimum atomic E-state index is 0.161. The molecule has 0 N–H and O–H groups in total. The van der Waals surface area contributed by atoms with Crippen molar-refractivity contribution in [3.05, 3.63) is 34.9 Å². The van der Waals surface area contributed by atoms with Gasteiger partial charge in [-0.1, -0.05) is 36.3 Å². The van der Waals surface area contributed by atoms with Crippen molar-refractivity contribution in [2.75, 3.05) is 0 Å². The molecule has 3 atom stereocenters. The Morgan fingerprint density at radius 1 is 1.39 bits per heavy atom. The van der Waals surface area contributed by atoms with E-state index in [0.717, 1.165) is 24.8 Å². The van der Waals surface area contributed by atoms with E-state index < -0.39 is 0 Å². The second kappa shape index (κ2) is 4.87. The molecule has 0 aliphatic heterocycles. The second-order valence-corrected chi connectivity index (χ2v) is 6.04. The van der Waals surface area contributed by atoms with E-state index in [0.29, 0.717) is 17.8 Å². The van der Waals surface area contributed by atoms with Crippen LogP contribution in [0.4, 0.5) is 0 Å². The molecule has 0 aromatic heterocycles. The van der Waals surface area contributed by atoms with E-state index in [9.17, 15) is 4.79 Å². The van der Waals surface area contributed by atoms with E-state index in [4.69, 9.17) is 0 Å². The smallest absolute Gasteiger partial charge is 0.155 e. The number of hydrogen-bond donors (Lipinski definition) is 0. The molecule has 1 heteroatoms. The zero-order valence-electron chi connectivity index (χ0n) is 12.0. The fourth-order valence-electron chi connectivity index (χ4n) is 3.70. The van der Waals surface area contributed by atoms with Crippen molar-refractivity contribution in [1.29, 1.82) is 0 Å². The van der Waals surface area contributed by atoms with Crippen LogP contribution in [0.2, 0.25) is 0 Å². The lowest BCUT2D eigenvalue weighted by Crippen LogP contribution is -2.14. The molecule has 2 rings (SSSR count). The summed E-state index contributed by atoms with van der Waals surface area (Å²) in [7, 11) is 0. The van der Waals surface area contributed by atoms with Crippen molar-refractivity contribution in [2.24, 2.45) is 17.8 Å². The highest BCUT2D eigenvalue weighted by Gasteiger charge is 2.33. The van der Waals surface area contributed by atoms with E-state index >= 15 is 0 Å². The molecule has 0 radical (unpaired) electrons. The summed E-state index contributed by atoms with van der Waals surface area (Å²) >= 11 is 0. The molecule has 0 amide bonds. The quantitative estimate of drug-likeness (QED) is 0.517. The van der Waals surface area contributed by atoms with Gasteiger partial charge in [0.25, 0.3) is 0 Å². The first-order chi connectivity index (χ1) is 8.41. The maximum absolute atomic E-state index is 11.5. The van der Waals surface area contributed by atoms with Gasteiger partial charge in [0.2, 0.25) is 0 Å². The normalized spacial score (nSPS) is 31.8. The van der Waals surface area contributed by atoms with Crippen LogP contribution in [0.25, 0.3) is 0 Å². The maximum Gasteiger partial charge on any atom is 0.155 e. The maximum atomic E-state index is 11.5. The standard InChI is InChI=1S/C17H24O/c1-10-6-7-15(13(4)14(5)18)9-16-11(2)8-12(3)17(10)16/h8,12,15-16H,4,6-7,9H2,1-3,5H3. The molecule has 0 aromatic rings. The molecule has 2 aliphatic carbocycles. The minimum absolute atomic E-state index is 0.161. The summed E-state index contributed by atoms with van der Waals surface area (Å²) in [6.45, 7) is 12.5. The Hall–Kier alpha value is -1.11. The van der Waals surface area contributed by atoms with Gasteiger partial charge in [-0.3, -0.25) is 4.79 Å². The third-order valence-electron chi connectivity index (χ3n) is 4.75. The van der Waals surface area contributed by atoms with Crippen LogP contribution in [0.5, 0.6) is 0 Å². The Morgan fingerprint density at radius 2 is 2.06 bits per heavy atom. The first-order valence-electron chi connectivity index (χ1n) is 6.99. The molecule has 0 saturated carbocycles. The zero-order valence-corrected chi connectivity index (χ0v) is 12.0. The highest BCUT2D eigenvalue weighted by Crippen LogP contribution is 2.46. The monoisotopic (exact) mass is 244 g/mol. The van der Waals surface area contributed by atoms with Gasteiger partial charge >= 0.3 is 0 Å². The van der Waals surface area contributed by atoms with E-state index in [2.05, 4.69) is 33.4 Å². The molecule has 0 fully saturated rings. The van der Waals surface area contributed by atoms with Crippen LogP contribution >= 0.6 is 0 Å². The van der Waals surface area contributed by atoms with Gasteiger partial charge < -0.3 is 0 Å². The highest BCUT2D eigenvalue weighted by molar-refractivity contribution is 5.93. The Morgan fingerprint density at radius 3 is 2.67 bits per heavy atom. The number of Topliss-reactive ketones (excluding diaryl/α,β-unsaturated/α-hetero) is 1. The van der Waals surface area contributed by atoms with Crippen molar-refractivity contribution in [2.45, 2.75) is 47.0 Å². The van der Waals surface area contributed by atoms with Gasteiger partial charge in [-0.2, -0.15) is 0 Å². The minimum Gasteiger partial charge on any atom is -0.295 e. The average molecular weight is 244 g/mol. The van der Waals surface area contributed by atoms with Gasteiger partial charge in [0, 0.05) is 5.92 Å². The summed E-state index contributed by atoms with van der Waals surface area (Å²) in [4.78, 5) is 11.5. The Labute approximate surface area is 111 Å². The third-order valence-corrected chi connectivity index (χ3v) is 4.75. The molecule has 0 saturated heterocycles. The van der Waals surface area contributed by atoms with Crippen LogP contribution in [0, 0.1) is 17.8 Å². The fourth-order valence-corrected chi connectivity index (χ4v) is 3.70. The molecule has 0 heterocycles. The summed E-state index contributed by atoms with van der Waals surface area (Å²) in [6.07, 6.45) is 5.68. The van der Waals surface area contributed by atoms with E-state index in [1.165, 1.54) is 5.57 Å². The van der Waals surface area contributed by atoms with Crippen LogP contribution in [-0.4, -0.2) is 5.78 Å². The number of carbonyl (C=O) groups excluding carboxylic acids is 1. The largest absolute Gasteiger partial charge is 0.295 e. The number of hydrogen-bond acceptors (Lipinski definition) is 1. The Kier molecular flexibility index (Phi) is 3.61.